The molecule has 4 nitrogen and oxygen atoms in total. The van der Waals surface area contributed by atoms with Gasteiger partial charge in [-0.25, -0.2) is 4.79 Å². The summed E-state index contributed by atoms with van der Waals surface area (Å²) in [6, 6.07) is 26.8. The van der Waals surface area contributed by atoms with E-state index < -0.39 is 17.6 Å². The first-order valence-electron chi connectivity index (χ1n) is 12.3. The fraction of sp³-hybridized carbons (Fsp3) is 0.258. The monoisotopic (exact) mass is 465 g/mol. The number of carboxylic acid groups (broad SMARTS) is 1. The number of allylic oxidation sites excluding steroid dienone is 1. The molecule has 0 saturated heterocycles. The predicted octanol–water partition coefficient (Wildman–Crippen LogP) is 6.42. The van der Waals surface area contributed by atoms with Gasteiger partial charge in [-0.05, 0) is 84.0 Å². The van der Waals surface area contributed by atoms with Crippen molar-refractivity contribution in [3.63, 3.8) is 0 Å². The Balaban J connectivity index is 1.45. The number of aryl methyl sites for hydroxylation is 1. The summed E-state index contributed by atoms with van der Waals surface area (Å²) < 4.78 is 6.88. The Bertz CT molecular complexity index is 1240. The molecule has 1 heterocycles. The van der Waals surface area contributed by atoms with Crippen molar-refractivity contribution in [1.29, 1.82) is 0 Å². The average Bonchev–Trinajstić information content (AvgIpc) is 2.87. The van der Waals surface area contributed by atoms with E-state index in [-0.39, 0.29) is 0 Å². The fourth-order valence-corrected chi connectivity index (χ4v) is 5.34. The van der Waals surface area contributed by atoms with E-state index in [1.54, 1.807) is 6.08 Å². The van der Waals surface area contributed by atoms with Gasteiger partial charge in [-0.2, -0.15) is 0 Å². The summed E-state index contributed by atoms with van der Waals surface area (Å²) in [5.41, 5.74) is 6.77. The van der Waals surface area contributed by atoms with E-state index in [1.807, 2.05) is 23.2 Å². The van der Waals surface area contributed by atoms with Crippen molar-refractivity contribution in [3.05, 3.63) is 119 Å². The fourth-order valence-electron chi connectivity index (χ4n) is 5.34. The maximum Gasteiger partial charge on any atom is 0.330 e. The summed E-state index contributed by atoms with van der Waals surface area (Å²) in [6.45, 7) is 4.99. The molecule has 0 saturated carbocycles. The first kappa shape index (κ1) is 23.0. The average molecular weight is 466 g/mol. The summed E-state index contributed by atoms with van der Waals surface area (Å²) in [4.78, 5) is 13.3. The smallest absolute Gasteiger partial charge is 0.330 e. The second kappa shape index (κ2) is 9.46. The highest BCUT2D eigenvalue weighted by atomic mass is 16.5. The van der Waals surface area contributed by atoms with Crippen molar-refractivity contribution >= 4 is 11.5 Å². The number of carboxylic acids is 1. The normalized spacial score (nSPS) is 17.1. The topological polar surface area (TPSA) is 49.8 Å². The van der Waals surface area contributed by atoms with Gasteiger partial charge in [-0.1, -0.05) is 73.7 Å². The van der Waals surface area contributed by atoms with Crippen LogP contribution in [0.2, 0.25) is 0 Å². The molecule has 35 heavy (non-hydrogen) atoms. The minimum Gasteiger partial charge on any atom is -0.479 e. The van der Waals surface area contributed by atoms with E-state index in [4.69, 9.17) is 4.74 Å². The molecule has 1 aliphatic heterocycles. The standard InChI is InChI=1S/C31H31NO3/c1-3-31(25-10-6-4-7-11-25,26-12-8-5-9-13-26)35-27-16-17-28-22(2)24(15-14-23(28)20-27)21-32-19-18-29(32)30(33)34/h4-13,16-20,29H,3,14-15,21H2,1-2H3,(H,33,34). The molecule has 1 atom stereocenters. The number of benzene rings is 3. The maximum atomic E-state index is 11.4. The van der Waals surface area contributed by atoms with E-state index in [1.165, 1.54) is 22.3 Å². The molecule has 3 aromatic rings. The van der Waals surface area contributed by atoms with Crippen LogP contribution in [0.1, 0.15) is 48.9 Å². The van der Waals surface area contributed by atoms with Crippen molar-refractivity contribution in [2.45, 2.75) is 44.8 Å². The number of hydrogen-bond acceptors (Lipinski definition) is 3. The van der Waals surface area contributed by atoms with Crippen molar-refractivity contribution in [2.24, 2.45) is 0 Å². The van der Waals surface area contributed by atoms with E-state index >= 15 is 0 Å². The van der Waals surface area contributed by atoms with E-state index in [9.17, 15) is 9.90 Å². The quantitative estimate of drug-likeness (QED) is 0.417. The van der Waals surface area contributed by atoms with E-state index in [2.05, 4.69) is 80.6 Å². The van der Waals surface area contributed by atoms with Gasteiger partial charge in [0.15, 0.2) is 5.60 Å². The van der Waals surface area contributed by atoms with Crippen LogP contribution in [-0.4, -0.2) is 28.6 Å². The lowest BCUT2D eigenvalue weighted by Gasteiger charge is -2.36. The van der Waals surface area contributed by atoms with E-state index in [0.717, 1.165) is 36.1 Å². The highest BCUT2D eigenvalue weighted by Gasteiger charge is 2.35. The lowest BCUT2D eigenvalue weighted by molar-refractivity contribution is -0.141. The van der Waals surface area contributed by atoms with Gasteiger partial charge in [0.1, 0.15) is 11.8 Å². The third-order valence-electron chi connectivity index (χ3n) is 7.42. The SMILES string of the molecule is CCC(Oc1ccc2c(c1)CCC(CN1C=CC1C(=O)O)=C2C)(c1ccccc1)c1ccccc1. The highest BCUT2D eigenvalue weighted by molar-refractivity contribution is 5.78. The first-order chi connectivity index (χ1) is 17.0. The van der Waals surface area contributed by atoms with Gasteiger partial charge in [-0.15, -0.1) is 0 Å². The van der Waals surface area contributed by atoms with Crippen LogP contribution in [0.3, 0.4) is 0 Å². The third kappa shape index (κ3) is 4.25. The molecule has 0 radical (unpaired) electrons. The Kier molecular flexibility index (Phi) is 6.21. The van der Waals surface area contributed by atoms with Crippen LogP contribution < -0.4 is 4.74 Å². The van der Waals surface area contributed by atoms with Crippen LogP contribution in [0.15, 0.2) is 96.7 Å². The molecular weight excluding hydrogens is 434 g/mol. The molecule has 178 valence electrons. The van der Waals surface area contributed by atoms with Gasteiger partial charge in [0.05, 0.1) is 0 Å². The molecule has 0 amide bonds. The first-order valence-corrected chi connectivity index (χ1v) is 12.3. The molecule has 0 spiro atoms. The Morgan fingerprint density at radius 2 is 1.66 bits per heavy atom. The van der Waals surface area contributed by atoms with Gasteiger partial charge in [0, 0.05) is 6.54 Å². The van der Waals surface area contributed by atoms with Gasteiger partial charge in [0.2, 0.25) is 0 Å². The molecule has 1 unspecified atom stereocenters. The summed E-state index contributed by atoms with van der Waals surface area (Å²) in [5.74, 6) is 0.0752. The van der Waals surface area contributed by atoms with Gasteiger partial charge >= 0.3 is 5.97 Å². The number of nitrogens with zero attached hydrogens (tertiary/aromatic N) is 1. The molecule has 3 aromatic carbocycles. The van der Waals surface area contributed by atoms with Crippen LogP contribution in [0, 0.1) is 0 Å². The lowest BCUT2D eigenvalue weighted by atomic mass is 9.83. The molecule has 4 heteroatoms. The predicted molar refractivity (Wildman–Crippen MR) is 139 cm³/mol. The molecule has 0 fully saturated rings. The van der Waals surface area contributed by atoms with Crippen LogP contribution in [0.5, 0.6) is 5.75 Å². The Hall–Kier alpha value is -3.79. The molecule has 1 N–H and O–H groups in total. The van der Waals surface area contributed by atoms with Crippen LogP contribution in [0.25, 0.3) is 5.57 Å². The minimum atomic E-state index is -0.792. The maximum absolute atomic E-state index is 11.4. The summed E-state index contributed by atoms with van der Waals surface area (Å²) >= 11 is 0. The summed E-state index contributed by atoms with van der Waals surface area (Å²) in [6.07, 6.45) is 6.26. The zero-order valence-corrected chi connectivity index (χ0v) is 20.3. The number of rotatable bonds is 8. The van der Waals surface area contributed by atoms with Gasteiger partial charge in [0.25, 0.3) is 0 Å². The summed E-state index contributed by atoms with van der Waals surface area (Å²) in [7, 11) is 0. The largest absolute Gasteiger partial charge is 0.479 e. The zero-order valence-electron chi connectivity index (χ0n) is 20.3. The third-order valence-corrected chi connectivity index (χ3v) is 7.42. The van der Waals surface area contributed by atoms with Gasteiger partial charge < -0.3 is 14.7 Å². The van der Waals surface area contributed by atoms with E-state index in [0.29, 0.717) is 6.54 Å². The number of fused-ring (bicyclic) bond motifs is 1. The van der Waals surface area contributed by atoms with Crippen LogP contribution in [-0.2, 0) is 16.8 Å². The molecule has 0 bridgehead atoms. The molecule has 2 aliphatic rings. The molecule has 0 aromatic heterocycles. The van der Waals surface area contributed by atoms with Crippen LogP contribution >= 0.6 is 0 Å². The number of carbonyl (C=O) groups is 1. The van der Waals surface area contributed by atoms with Crippen molar-refractivity contribution < 1.29 is 14.6 Å². The Morgan fingerprint density at radius 1 is 1.00 bits per heavy atom. The number of ether oxygens (including phenoxy) is 1. The van der Waals surface area contributed by atoms with Crippen molar-refractivity contribution in [3.8, 4) is 5.75 Å². The molecular formula is C31H31NO3. The Morgan fingerprint density at radius 3 is 2.20 bits per heavy atom. The Labute approximate surface area is 207 Å². The van der Waals surface area contributed by atoms with Crippen molar-refractivity contribution in [1.82, 2.24) is 4.90 Å². The van der Waals surface area contributed by atoms with Gasteiger partial charge in [-0.3, -0.25) is 0 Å². The number of aliphatic carboxylic acids is 1. The molecule has 5 rings (SSSR count). The van der Waals surface area contributed by atoms with Crippen LogP contribution in [0.4, 0.5) is 0 Å². The minimum absolute atomic E-state index is 0.509. The van der Waals surface area contributed by atoms with Crippen molar-refractivity contribution in [2.75, 3.05) is 6.54 Å². The number of hydrogen-bond donors (Lipinski definition) is 1. The lowest BCUT2D eigenvalue weighted by Crippen LogP contribution is -2.43. The second-order valence-electron chi connectivity index (χ2n) is 9.36. The highest BCUT2D eigenvalue weighted by Crippen LogP contribution is 2.40. The second-order valence-corrected chi connectivity index (χ2v) is 9.36. The molecule has 1 aliphatic carbocycles. The summed E-state index contributed by atoms with van der Waals surface area (Å²) in [5, 5.41) is 9.34. The zero-order chi connectivity index (χ0) is 24.4.